The average Bonchev–Trinajstić information content (AvgIpc) is 2.47. The van der Waals surface area contributed by atoms with E-state index in [-0.39, 0.29) is 5.75 Å². The first-order valence-electron chi connectivity index (χ1n) is 7.47. The molecule has 2 aromatic carbocycles. The normalized spacial score (nSPS) is 10.6. The molecule has 0 amide bonds. The highest BCUT2D eigenvalue weighted by molar-refractivity contribution is 7.80. The van der Waals surface area contributed by atoms with E-state index in [9.17, 15) is 8.78 Å². The van der Waals surface area contributed by atoms with E-state index in [2.05, 4.69) is 16.1 Å². The number of hydrogen-bond donors (Lipinski definition) is 1. The van der Waals surface area contributed by atoms with Gasteiger partial charge < -0.3 is 15.0 Å². The first-order valence-corrected chi connectivity index (χ1v) is 7.88. The topological polar surface area (TPSA) is 24.5 Å². The van der Waals surface area contributed by atoms with Gasteiger partial charge in [-0.05, 0) is 67.0 Å². The van der Waals surface area contributed by atoms with E-state index >= 15 is 0 Å². The zero-order chi connectivity index (χ0) is 17.7. The van der Waals surface area contributed by atoms with Gasteiger partial charge in [0, 0.05) is 19.3 Å². The highest BCUT2D eigenvalue weighted by Gasteiger charge is 2.08. The maximum atomic E-state index is 12.1. The van der Waals surface area contributed by atoms with Crippen LogP contribution < -0.4 is 10.1 Å². The largest absolute Gasteiger partial charge is 0.435 e. The van der Waals surface area contributed by atoms with Gasteiger partial charge in [-0.15, -0.1) is 0 Å². The third-order valence-corrected chi connectivity index (χ3v) is 3.80. The monoisotopic (exact) mass is 350 g/mol. The summed E-state index contributed by atoms with van der Waals surface area (Å²) in [4.78, 5) is 1.88. The van der Waals surface area contributed by atoms with Gasteiger partial charge in [0.15, 0.2) is 5.11 Å². The maximum Gasteiger partial charge on any atom is 0.387 e. The molecule has 0 aliphatic rings. The van der Waals surface area contributed by atoms with Crippen molar-refractivity contribution in [3.63, 3.8) is 0 Å². The standard InChI is InChI=1S/C18H20F2N2OS/c1-12-8-13(2)10-15(9-12)21-18(24)22(3)11-14-4-6-16(7-5-14)23-17(19)20/h4-10,17H,11H2,1-3H3,(H,21,24). The summed E-state index contributed by atoms with van der Waals surface area (Å²) in [7, 11) is 1.88. The summed E-state index contributed by atoms with van der Waals surface area (Å²) in [6.45, 7) is 1.82. The second-order valence-electron chi connectivity index (χ2n) is 5.69. The number of halogens is 2. The van der Waals surface area contributed by atoms with Crippen molar-refractivity contribution in [1.29, 1.82) is 0 Å². The van der Waals surface area contributed by atoms with E-state index in [1.807, 2.05) is 37.9 Å². The van der Waals surface area contributed by atoms with Gasteiger partial charge in [0.1, 0.15) is 5.75 Å². The van der Waals surface area contributed by atoms with Gasteiger partial charge >= 0.3 is 6.61 Å². The fraction of sp³-hybridized carbons (Fsp3) is 0.278. The number of thiocarbonyl (C=S) groups is 1. The fourth-order valence-electron chi connectivity index (χ4n) is 2.39. The molecule has 0 aliphatic heterocycles. The molecular formula is C18H20F2N2OS. The lowest BCUT2D eigenvalue weighted by molar-refractivity contribution is -0.0498. The van der Waals surface area contributed by atoms with E-state index in [4.69, 9.17) is 12.2 Å². The lowest BCUT2D eigenvalue weighted by Gasteiger charge is -2.21. The quantitative estimate of drug-likeness (QED) is 0.788. The van der Waals surface area contributed by atoms with Gasteiger partial charge in [-0.1, -0.05) is 18.2 Å². The number of ether oxygens (including phenoxy) is 1. The predicted octanol–water partition coefficient (Wildman–Crippen LogP) is 4.73. The SMILES string of the molecule is Cc1cc(C)cc(NC(=S)N(C)Cc2ccc(OC(F)F)cc2)c1. The van der Waals surface area contributed by atoms with Crippen LogP contribution in [0.3, 0.4) is 0 Å². The average molecular weight is 350 g/mol. The van der Waals surface area contributed by atoms with Crippen molar-refractivity contribution in [2.75, 3.05) is 12.4 Å². The van der Waals surface area contributed by atoms with Crippen LogP contribution in [0.5, 0.6) is 5.75 Å². The first-order chi connectivity index (χ1) is 11.3. The van der Waals surface area contributed by atoms with Gasteiger partial charge in [-0.2, -0.15) is 8.78 Å². The van der Waals surface area contributed by atoms with Crippen LogP contribution in [-0.2, 0) is 6.54 Å². The number of alkyl halides is 2. The first kappa shape index (κ1) is 18.1. The fourth-order valence-corrected chi connectivity index (χ4v) is 2.57. The molecule has 0 saturated carbocycles. The molecule has 24 heavy (non-hydrogen) atoms. The minimum Gasteiger partial charge on any atom is -0.435 e. The highest BCUT2D eigenvalue weighted by atomic mass is 32.1. The zero-order valence-electron chi connectivity index (χ0n) is 13.8. The second kappa shape index (κ2) is 8.06. The van der Waals surface area contributed by atoms with E-state index in [0.29, 0.717) is 11.7 Å². The van der Waals surface area contributed by atoms with Crippen molar-refractivity contribution >= 4 is 23.0 Å². The predicted molar refractivity (Wildman–Crippen MR) is 96.7 cm³/mol. The number of hydrogen-bond acceptors (Lipinski definition) is 2. The van der Waals surface area contributed by atoms with Crippen LogP contribution in [0, 0.1) is 13.8 Å². The van der Waals surface area contributed by atoms with Crippen LogP contribution in [-0.4, -0.2) is 23.7 Å². The number of aryl methyl sites for hydroxylation is 2. The van der Waals surface area contributed by atoms with Crippen molar-refractivity contribution in [1.82, 2.24) is 4.90 Å². The molecule has 0 atom stereocenters. The summed E-state index contributed by atoms with van der Waals surface area (Å²) in [5.74, 6) is 0.146. The molecule has 2 aromatic rings. The van der Waals surface area contributed by atoms with Crippen molar-refractivity contribution < 1.29 is 13.5 Å². The van der Waals surface area contributed by atoms with Crippen molar-refractivity contribution in [2.24, 2.45) is 0 Å². The lowest BCUT2D eigenvalue weighted by Crippen LogP contribution is -2.30. The molecule has 0 aromatic heterocycles. The van der Waals surface area contributed by atoms with Gasteiger partial charge in [0.25, 0.3) is 0 Å². The van der Waals surface area contributed by atoms with Gasteiger partial charge in [-0.3, -0.25) is 0 Å². The third-order valence-electron chi connectivity index (χ3n) is 3.39. The number of nitrogens with zero attached hydrogens (tertiary/aromatic N) is 1. The Morgan fingerprint density at radius 3 is 2.25 bits per heavy atom. The number of rotatable bonds is 5. The molecule has 0 radical (unpaired) electrons. The van der Waals surface area contributed by atoms with Gasteiger partial charge in [0.05, 0.1) is 0 Å². The molecule has 1 N–H and O–H groups in total. The molecule has 0 spiro atoms. The Bertz CT molecular complexity index is 684. The summed E-state index contributed by atoms with van der Waals surface area (Å²) in [5, 5.41) is 3.81. The molecule has 128 valence electrons. The Balaban J connectivity index is 1.95. The Morgan fingerprint density at radius 1 is 1.12 bits per heavy atom. The third kappa shape index (κ3) is 5.45. The number of anilines is 1. The van der Waals surface area contributed by atoms with Crippen molar-refractivity contribution in [3.8, 4) is 5.75 Å². The smallest absolute Gasteiger partial charge is 0.387 e. The maximum absolute atomic E-state index is 12.1. The Morgan fingerprint density at radius 2 is 1.71 bits per heavy atom. The lowest BCUT2D eigenvalue weighted by atomic mass is 10.1. The van der Waals surface area contributed by atoms with Crippen LogP contribution in [0.15, 0.2) is 42.5 Å². The highest BCUT2D eigenvalue weighted by Crippen LogP contribution is 2.17. The van der Waals surface area contributed by atoms with Crippen LogP contribution in [0.25, 0.3) is 0 Å². The molecule has 0 unspecified atom stereocenters. The van der Waals surface area contributed by atoms with Gasteiger partial charge in [0.2, 0.25) is 0 Å². The minimum absolute atomic E-state index is 0.146. The summed E-state index contributed by atoms with van der Waals surface area (Å²) in [5.41, 5.74) is 4.23. The molecule has 6 heteroatoms. The Labute approximate surface area is 146 Å². The van der Waals surface area contributed by atoms with E-state index in [0.717, 1.165) is 22.4 Å². The zero-order valence-corrected chi connectivity index (χ0v) is 14.7. The van der Waals surface area contributed by atoms with Crippen molar-refractivity contribution in [2.45, 2.75) is 27.0 Å². The van der Waals surface area contributed by atoms with E-state index in [1.165, 1.54) is 12.1 Å². The number of nitrogens with one attached hydrogen (secondary N) is 1. The van der Waals surface area contributed by atoms with E-state index < -0.39 is 6.61 Å². The molecule has 0 heterocycles. The Kier molecular flexibility index (Phi) is 6.09. The number of benzene rings is 2. The molecule has 2 rings (SSSR count). The van der Waals surface area contributed by atoms with Gasteiger partial charge in [-0.25, -0.2) is 0 Å². The molecule has 0 aliphatic carbocycles. The van der Waals surface area contributed by atoms with Crippen LogP contribution in [0.1, 0.15) is 16.7 Å². The summed E-state index contributed by atoms with van der Waals surface area (Å²) in [6, 6.07) is 12.7. The van der Waals surface area contributed by atoms with Crippen LogP contribution in [0.4, 0.5) is 14.5 Å². The molecule has 0 saturated heterocycles. The van der Waals surface area contributed by atoms with Crippen LogP contribution >= 0.6 is 12.2 Å². The molecule has 0 fully saturated rings. The molecular weight excluding hydrogens is 330 g/mol. The van der Waals surface area contributed by atoms with Crippen LogP contribution in [0.2, 0.25) is 0 Å². The molecule has 3 nitrogen and oxygen atoms in total. The second-order valence-corrected chi connectivity index (χ2v) is 6.07. The summed E-state index contributed by atoms with van der Waals surface area (Å²) >= 11 is 5.42. The van der Waals surface area contributed by atoms with Crippen molar-refractivity contribution in [3.05, 3.63) is 59.2 Å². The summed E-state index contributed by atoms with van der Waals surface area (Å²) in [6.07, 6.45) is 0. The summed E-state index contributed by atoms with van der Waals surface area (Å²) < 4.78 is 28.6. The minimum atomic E-state index is -2.81. The Hall–Kier alpha value is -2.21. The molecule has 0 bridgehead atoms. The van der Waals surface area contributed by atoms with E-state index in [1.54, 1.807) is 12.1 Å².